The molecule has 0 amide bonds. The molecule has 0 atom stereocenters. The molecule has 1 aliphatic heterocycles. The molecular formula is C21H26N6O2S. The maximum absolute atomic E-state index is 11.5. The number of hydrogen-bond acceptors (Lipinski definition) is 6. The third-order valence-electron chi connectivity index (χ3n) is 5.05. The average Bonchev–Trinajstić information content (AvgIpc) is 3.05. The number of sulfonamides is 1. The van der Waals surface area contributed by atoms with Gasteiger partial charge in [-0.25, -0.2) is 13.1 Å². The molecule has 4 rings (SSSR count). The van der Waals surface area contributed by atoms with Gasteiger partial charge in [-0.3, -0.25) is 9.62 Å². The zero-order valence-corrected chi connectivity index (χ0v) is 17.8. The first-order valence-electron chi connectivity index (χ1n) is 9.98. The summed E-state index contributed by atoms with van der Waals surface area (Å²) < 4.78 is 27.4. The van der Waals surface area contributed by atoms with Crippen molar-refractivity contribution in [3.63, 3.8) is 0 Å². The lowest BCUT2D eigenvalue weighted by Gasteiger charge is -2.24. The van der Waals surface area contributed by atoms with Gasteiger partial charge < -0.3 is 4.90 Å². The van der Waals surface area contributed by atoms with Gasteiger partial charge in [-0.05, 0) is 36.8 Å². The second-order valence-electron chi connectivity index (χ2n) is 7.53. The molecule has 0 aliphatic carbocycles. The predicted octanol–water partition coefficient (Wildman–Crippen LogP) is 2.35. The highest BCUT2D eigenvalue weighted by molar-refractivity contribution is 7.92. The molecule has 0 radical (unpaired) electrons. The Labute approximate surface area is 177 Å². The number of aromatic nitrogens is 3. The number of rotatable bonds is 6. The summed E-state index contributed by atoms with van der Waals surface area (Å²) in [5.41, 5.74) is 3.57. The van der Waals surface area contributed by atoms with Gasteiger partial charge in [-0.1, -0.05) is 29.5 Å². The van der Waals surface area contributed by atoms with Crippen LogP contribution in [0.3, 0.4) is 0 Å². The third kappa shape index (κ3) is 5.37. The summed E-state index contributed by atoms with van der Waals surface area (Å²) in [6, 6.07) is 17.5. The minimum absolute atomic E-state index is 0.591. The molecule has 0 saturated carbocycles. The molecule has 1 aromatic heterocycles. The second kappa shape index (κ2) is 8.85. The molecule has 3 aromatic rings. The fourth-order valence-electron chi connectivity index (χ4n) is 3.67. The van der Waals surface area contributed by atoms with Gasteiger partial charge >= 0.3 is 0 Å². The maximum Gasteiger partial charge on any atom is 0.229 e. The number of para-hydroxylation sites is 1. The van der Waals surface area contributed by atoms with Crippen LogP contribution < -0.4 is 9.62 Å². The average molecular weight is 427 g/mol. The van der Waals surface area contributed by atoms with Crippen molar-refractivity contribution in [2.75, 3.05) is 42.1 Å². The SMILES string of the molecule is CS(=O)(=O)Nc1cccc(N2CCCN(Cc3cn(-c4ccccc4)nn3)CC2)c1. The second-order valence-corrected chi connectivity index (χ2v) is 9.28. The third-order valence-corrected chi connectivity index (χ3v) is 5.66. The van der Waals surface area contributed by atoms with E-state index in [-0.39, 0.29) is 0 Å². The molecular weight excluding hydrogens is 400 g/mol. The molecule has 30 heavy (non-hydrogen) atoms. The van der Waals surface area contributed by atoms with E-state index in [1.807, 2.05) is 54.7 Å². The lowest BCUT2D eigenvalue weighted by atomic mass is 10.2. The quantitative estimate of drug-likeness (QED) is 0.652. The first-order chi connectivity index (χ1) is 14.5. The summed E-state index contributed by atoms with van der Waals surface area (Å²) in [7, 11) is -3.28. The van der Waals surface area contributed by atoms with Gasteiger partial charge in [0, 0.05) is 38.4 Å². The van der Waals surface area contributed by atoms with Crippen LogP contribution in [0.5, 0.6) is 0 Å². The molecule has 0 bridgehead atoms. The Bertz CT molecular complexity index is 1080. The molecule has 0 spiro atoms. The van der Waals surface area contributed by atoms with E-state index in [4.69, 9.17) is 0 Å². The fourth-order valence-corrected chi connectivity index (χ4v) is 4.23. The molecule has 2 heterocycles. The minimum atomic E-state index is -3.28. The van der Waals surface area contributed by atoms with Crippen LogP contribution in [-0.4, -0.2) is 60.7 Å². The highest BCUT2D eigenvalue weighted by Crippen LogP contribution is 2.22. The lowest BCUT2D eigenvalue weighted by Crippen LogP contribution is -2.30. The van der Waals surface area contributed by atoms with E-state index in [0.29, 0.717) is 5.69 Å². The van der Waals surface area contributed by atoms with E-state index in [0.717, 1.165) is 62.5 Å². The summed E-state index contributed by atoms with van der Waals surface area (Å²) in [4.78, 5) is 4.69. The Morgan fingerprint density at radius 3 is 2.57 bits per heavy atom. The van der Waals surface area contributed by atoms with Gasteiger partial charge in [0.05, 0.1) is 29.5 Å². The molecule has 1 saturated heterocycles. The highest BCUT2D eigenvalue weighted by Gasteiger charge is 2.17. The van der Waals surface area contributed by atoms with E-state index in [9.17, 15) is 8.42 Å². The van der Waals surface area contributed by atoms with E-state index >= 15 is 0 Å². The van der Waals surface area contributed by atoms with Crippen LogP contribution in [0.2, 0.25) is 0 Å². The number of hydrogen-bond donors (Lipinski definition) is 1. The normalized spacial score (nSPS) is 15.7. The Hall–Kier alpha value is -2.91. The van der Waals surface area contributed by atoms with Crippen molar-refractivity contribution in [2.24, 2.45) is 0 Å². The van der Waals surface area contributed by atoms with Crippen molar-refractivity contribution in [3.8, 4) is 5.69 Å². The first-order valence-corrected chi connectivity index (χ1v) is 11.9. The van der Waals surface area contributed by atoms with Crippen molar-refractivity contribution in [1.29, 1.82) is 0 Å². The number of benzene rings is 2. The molecule has 2 aromatic carbocycles. The Morgan fingerprint density at radius 2 is 1.77 bits per heavy atom. The Balaban J connectivity index is 1.38. The summed E-state index contributed by atoms with van der Waals surface area (Å²) in [6.45, 7) is 4.44. The van der Waals surface area contributed by atoms with Crippen molar-refractivity contribution in [3.05, 3.63) is 66.5 Å². The van der Waals surface area contributed by atoms with Crippen LogP contribution in [0.15, 0.2) is 60.8 Å². The molecule has 1 N–H and O–H groups in total. The van der Waals surface area contributed by atoms with Gasteiger partial charge in [0.1, 0.15) is 0 Å². The largest absolute Gasteiger partial charge is 0.370 e. The van der Waals surface area contributed by atoms with Crippen LogP contribution in [0, 0.1) is 0 Å². The molecule has 9 heteroatoms. The molecule has 1 fully saturated rings. The smallest absolute Gasteiger partial charge is 0.229 e. The van der Waals surface area contributed by atoms with Gasteiger partial charge in [0.25, 0.3) is 0 Å². The standard InChI is InChI=1S/C21H26N6O2S/c1-30(28,29)23-18-7-5-10-21(15-18)26-12-6-11-25(13-14-26)16-19-17-27(24-22-19)20-8-3-2-4-9-20/h2-5,7-10,15,17,23H,6,11-14,16H2,1H3. The number of nitrogens with zero attached hydrogens (tertiary/aromatic N) is 5. The first kappa shape index (κ1) is 20.4. The molecule has 0 unspecified atom stereocenters. The number of nitrogens with one attached hydrogen (secondary N) is 1. The van der Waals surface area contributed by atoms with Crippen molar-refractivity contribution in [1.82, 2.24) is 19.9 Å². The summed E-state index contributed by atoms with van der Waals surface area (Å²) >= 11 is 0. The summed E-state index contributed by atoms with van der Waals surface area (Å²) in [6.07, 6.45) is 4.17. The van der Waals surface area contributed by atoms with Crippen LogP contribution in [0.25, 0.3) is 5.69 Å². The molecule has 158 valence electrons. The van der Waals surface area contributed by atoms with E-state index in [1.165, 1.54) is 0 Å². The zero-order chi connectivity index (χ0) is 21.0. The highest BCUT2D eigenvalue weighted by atomic mass is 32.2. The van der Waals surface area contributed by atoms with Gasteiger partial charge in [0.15, 0.2) is 0 Å². The van der Waals surface area contributed by atoms with Crippen molar-refractivity contribution in [2.45, 2.75) is 13.0 Å². The monoisotopic (exact) mass is 426 g/mol. The molecule has 1 aliphatic rings. The summed E-state index contributed by atoms with van der Waals surface area (Å²) in [5, 5.41) is 8.58. The Kier molecular flexibility index (Phi) is 6.01. The maximum atomic E-state index is 11.5. The topological polar surface area (TPSA) is 83.4 Å². The zero-order valence-electron chi connectivity index (χ0n) is 17.0. The predicted molar refractivity (Wildman–Crippen MR) is 118 cm³/mol. The minimum Gasteiger partial charge on any atom is -0.370 e. The van der Waals surface area contributed by atoms with E-state index < -0.39 is 10.0 Å². The lowest BCUT2D eigenvalue weighted by molar-refractivity contribution is 0.282. The van der Waals surface area contributed by atoms with E-state index in [1.54, 1.807) is 10.7 Å². The fraction of sp³-hybridized carbons (Fsp3) is 0.333. The van der Waals surface area contributed by atoms with Gasteiger partial charge in [-0.2, -0.15) is 0 Å². The molecule has 8 nitrogen and oxygen atoms in total. The van der Waals surface area contributed by atoms with Crippen LogP contribution in [0.1, 0.15) is 12.1 Å². The van der Waals surface area contributed by atoms with Crippen LogP contribution in [-0.2, 0) is 16.6 Å². The summed E-state index contributed by atoms with van der Waals surface area (Å²) in [5.74, 6) is 0. The van der Waals surface area contributed by atoms with Crippen molar-refractivity contribution >= 4 is 21.4 Å². The van der Waals surface area contributed by atoms with Gasteiger partial charge in [0.2, 0.25) is 10.0 Å². The van der Waals surface area contributed by atoms with E-state index in [2.05, 4.69) is 24.8 Å². The van der Waals surface area contributed by atoms with Crippen LogP contribution in [0.4, 0.5) is 11.4 Å². The number of anilines is 2. The van der Waals surface area contributed by atoms with Gasteiger partial charge in [-0.15, -0.1) is 5.10 Å². The van der Waals surface area contributed by atoms with Crippen molar-refractivity contribution < 1.29 is 8.42 Å². The Morgan fingerprint density at radius 1 is 0.967 bits per heavy atom. The van der Waals surface area contributed by atoms with Crippen LogP contribution >= 0.6 is 0 Å².